The fourth-order valence-electron chi connectivity index (χ4n) is 2.51. The standard InChI is InChI=1S/C20H17N3O3/c24-20(17-6-8-19(9-7-17)23(25)26)15-22-12-10-18(11-13-22)21-14-16-4-2-1-3-5-16/h1-13H,14-15H2/p+1. The number of anilines is 1. The summed E-state index contributed by atoms with van der Waals surface area (Å²) in [5.41, 5.74) is 2.59. The maximum Gasteiger partial charge on any atom is 0.269 e. The summed E-state index contributed by atoms with van der Waals surface area (Å²) in [6, 6.07) is 19.6. The van der Waals surface area contributed by atoms with Gasteiger partial charge in [0.05, 0.1) is 4.92 Å². The zero-order valence-electron chi connectivity index (χ0n) is 14.0. The second-order valence-corrected chi connectivity index (χ2v) is 5.83. The van der Waals surface area contributed by atoms with Crippen LogP contribution in [0.4, 0.5) is 11.4 Å². The van der Waals surface area contributed by atoms with Crippen LogP contribution in [0.3, 0.4) is 0 Å². The normalized spacial score (nSPS) is 10.3. The Morgan fingerprint density at radius 1 is 0.962 bits per heavy atom. The SMILES string of the molecule is O=C(C[n+]1ccc(NCc2ccccc2)cc1)c1ccc([N+](=O)[O-])cc1. The van der Waals surface area contributed by atoms with Gasteiger partial charge in [-0.1, -0.05) is 30.3 Å². The van der Waals surface area contributed by atoms with Crippen molar-refractivity contribution in [2.75, 3.05) is 5.32 Å². The van der Waals surface area contributed by atoms with Crippen molar-refractivity contribution in [3.63, 3.8) is 0 Å². The summed E-state index contributed by atoms with van der Waals surface area (Å²) in [6.45, 7) is 0.906. The summed E-state index contributed by atoms with van der Waals surface area (Å²) in [5, 5.41) is 14.0. The molecule has 0 fully saturated rings. The van der Waals surface area contributed by atoms with Crippen molar-refractivity contribution in [3.05, 3.63) is 100 Å². The van der Waals surface area contributed by atoms with Gasteiger partial charge in [0.15, 0.2) is 12.4 Å². The Bertz CT molecular complexity index is 892. The van der Waals surface area contributed by atoms with Gasteiger partial charge in [0.1, 0.15) is 0 Å². The fourth-order valence-corrected chi connectivity index (χ4v) is 2.51. The van der Waals surface area contributed by atoms with E-state index in [1.165, 1.54) is 29.8 Å². The number of aromatic nitrogens is 1. The quantitative estimate of drug-likeness (QED) is 0.307. The lowest BCUT2D eigenvalue weighted by Gasteiger charge is -2.05. The van der Waals surface area contributed by atoms with Gasteiger partial charge in [0, 0.05) is 42.1 Å². The van der Waals surface area contributed by atoms with Crippen LogP contribution >= 0.6 is 0 Å². The van der Waals surface area contributed by atoms with E-state index in [9.17, 15) is 14.9 Å². The molecule has 3 rings (SSSR count). The van der Waals surface area contributed by atoms with E-state index >= 15 is 0 Å². The van der Waals surface area contributed by atoms with E-state index in [2.05, 4.69) is 17.4 Å². The number of carbonyl (C=O) groups excluding carboxylic acids is 1. The maximum atomic E-state index is 12.3. The van der Waals surface area contributed by atoms with Crippen LogP contribution in [0.1, 0.15) is 15.9 Å². The molecular formula is C20H18N3O3+. The molecule has 0 aliphatic carbocycles. The molecule has 0 aliphatic rings. The number of carbonyl (C=O) groups is 1. The number of pyridine rings is 1. The topological polar surface area (TPSA) is 76.1 Å². The van der Waals surface area contributed by atoms with E-state index in [1.807, 2.05) is 42.7 Å². The number of non-ortho nitro benzene ring substituents is 1. The number of nitro benzene ring substituents is 1. The highest BCUT2D eigenvalue weighted by Gasteiger charge is 2.14. The van der Waals surface area contributed by atoms with Crippen molar-refractivity contribution in [1.29, 1.82) is 0 Å². The molecule has 0 atom stereocenters. The molecule has 0 saturated carbocycles. The Labute approximate surface area is 150 Å². The van der Waals surface area contributed by atoms with Crippen molar-refractivity contribution >= 4 is 17.2 Å². The third-order valence-corrected chi connectivity index (χ3v) is 3.96. The van der Waals surface area contributed by atoms with E-state index < -0.39 is 4.92 Å². The van der Waals surface area contributed by atoms with Crippen LogP contribution in [-0.4, -0.2) is 10.7 Å². The third kappa shape index (κ3) is 4.51. The number of benzene rings is 2. The molecule has 6 heteroatoms. The number of Topliss-reactive ketones (excluding diaryl/α,β-unsaturated/α-hetero) is 1. The number of nitro groups is 1. The van der Waals surface area contributed by atoms with Crippen molar-refractivity contribution in [2.45, 2.75) is 13.1 Å². The Hall–Kier alpha value is -3.54. The molecule has 26 heavy (non-hydrogen) atoms. The Balaban J connectivity index is 1.58. The lowest BCUT2D eigenvalue weighted by atomic mass is 10.1. The summed E-state index contributed by atoms with van der Waals surface area (Å²) >= 11 is 0. The number of nitrogens with zero attached hydrogens (tertiary/aromatic N) is 2. The lowest BCUT2D eigenvalue weighted by molar-refractivity contribution is -0.683. The minimum atomic E-state index is -0.482. The number of rotatable bonds is 7. The van der Waals surface area contributed by atoms with Gasteiger partial charge in [-0.05, 0) is 17.7 Å². The van der Waals surface area contributed by atoms with Gasteiger partial charge in [-0.2, -0.15) is 4.57 Å². The van der Waals surface area contributed by atoms with Crippen LogP contribution in [-0.2, 0) is 13.1 Å². The molecule has 0 unspecified atom stereocenters. The van der Waals surface area contributed by atoms with Gasteiger partial charge in [-0.15, -0.1) is 0 Å². The lowest BCUT2D eigenvalue weighted by Crippen LogP contribution is -2.37. The monoisotopic (exact) mass is 348 g/mol. The summed E-state index contributed by atoms with van der Waals surface area (Å²) in [6.07, 6.45) is 3.66. The highest BCUT2D eigenvalue weighted by molar-refractivity contribution is 5.95. The van der Waals surface area contributed by atoms with Gasteiger partial charge < -0.3 is 5.32 Å². The van der Waals surface area contributed by atoms with E-state index in [0.29, 0.717) is 5.56 Å². The molecular weight excluding hydrogens is 330 g/mol. The molecule has 130 valence electrons. The van der Waals surface area contributed by atoms with Gasteiger partial charge in [-0.3, -0.25) is 14.9 Å². The Morgan fingerprint density at radius 3 is 2.23 bits per heavy atom. The summed E-state index contributed by atoms with van der Waals surface area (Å²) in [5.74, 6) is -0.102. The van der Waals surface area contributed by atoms with Crippen molar-refractivity contribution in [3.8, 4) is 0 Å². The molecule has 3 aromatic rings. The van der Waals surface area contributed by atoms with E-state index in [1.54, 1.807) is 4.57 Å². The summed E-state index contributed by atoms with van der Waals surface area (Å²) in [4.78, 5) is 22.5. The predicted molar refractivity (Wildman–Crippen MR) is 97.8 cm³/mol. The molecule has 0 bridgehead atoms. The van der Waals surface area contributed by atoms with Crippen molar-refractivity contribution in [1.82, 2.24) is 0 Å². The fraction of sp³-hybridized carbons (Fsp3) is 0.100. The van der Waals surface area contributed by atoms with Crippen LogP contribution in [0, 0.1) is 10.1 Å². The van der Waals surface area contributed by atoms with E-state index in [-0.39, 0.29) is 18.0 Å². The first-order chi connectivity index (χ1) is 12.6. The molecule has 2 aromatic carbocycles. The zero-order valence-corrected chi connectivity index (χ0v) is 14.0. The summed E-state index contributed by atoms with van der Waals surface area (Å²) in [7, 11) is 0. The second-order valence-electron chi connectivity index (χ2n) is 5.83. The van der Waals surface area contributed by atoms with Gasteiger partial charge in [0.2, 0.25) is 12.3 Å². The maximum absolute atomic E-state index is 12.3. The average molecular weight is 348 g/mol. The molecule has 6 nitrogen and oxygen atoms in total. The molecule has 0 amide bonds. The van der Waals surface area contributed by atoms with Crippen molar-refractivity contribution < 1.29 is 14.3 Å². The number of ketones is 1. The molecule has 1 N–H and O–H groups in total. The third-order valence-electron chi connectivity index (χ3n) is 3.96. The Kier molecular flexibility index (Phi) is 5.34. The van der Waals surface area contributed by atoms with E-state index in [0.717, 1.165) is 12.2 Å². The molecule has 0 saturated heterocycles. The van der Waals surface area contributed by atoms with Crippen molar-refractivity contribution in [2.24, 2.45) is 0 Å². The van der Waals surface area contributed by atoms with Gasteiger partial charge in [0.25, 0.3) is 5.69 Å². The highest BCUT2D eigenvalue weighted by Crippen LogP contribution is 2.12. The van der Waals surface area contributed by atoms with E-state index in [4.69, 9.17) is 0 Å². The number of nitrogens with one attached hydrogen (secondary N) is 1. The van der Waals surface area contributed by atoms with Gasteiger partial charge in [-0.25, -0.2) is 0 Å². The van der Waals surface area contributed by atoms with Crippen LogP contribution in [0.5, 0.6) is 0 Å². The molecule has 0 spiro atoms. The molecule has 0 aliphatic heterocycles. The second kappa shape index (κ2) is 8.02. The predicted octanol–water partition coefficient (Wildman–Crippen LogP) is 3.38. The van der Waals surface area contributed by atoms with Crippen LogP contribution < -0.4 is 9.88 Å². The molecule has 1 aromatic heterocycles. The number of hydrogen-bond donors (Lipinski definition) is 1. The zero-order chi connectivity index (χ0) is 18.4. The van der Waals surface area contributed by atoms with Crippen LogP contribution in [0.2, 0.25) is 0 Å². The molecule has 1 heterocycles. The van der Waals surface area contributed by atoms with Gasteiger partial charge >= 0.3 is 0 Å². The number of hydrogen-bond acceptors (Lipinski definition) is 4. The first kappa shape index (κ1) is 17.3. The van der Waals surface area contributed by atoms with Crippen LogP contribution in [0.15, 0.2) is 79.1 Å². The first-order valence-corrected chi connectivity index (χ1v) is 8.16. The Morgan fingerprint density at radius 2 is 1.62 bits per heavy atom. The smallest absolute Gasteiger partial charge is 0.269 e. The highest BCUT2D eigenvalue weighted by atomic mass is 16.6. The average Bonchev–Trinajstić information content (AvgIpc) is 2.68. The largest absolute Gasteiger partial charge is 0.381 e. The first-order valence-electron chi connectivity index (χ1n) is 8.16. The van der Waals surface area contributed by atoms with Crippen LogP contribution in [0.25, 0.3) is 0 Å². The minimum Gasteiger partial charge on any atom is -0.381 e. The molecule has 0 radical (unpaired) electrons. The minimum absolute atomic E-state index is 0.0250. The summed E-state index contributed by atoms with van der Waals surface area (Å²) < 4.78 is 1.78.